The summed E-state index contributed by atoms with van der Waals surface area (Å²) < 4.78 is 1.26. The highest BCUT2D eigenvalue weighted by Crippen LogP contribution is 2.11. The summed E-state index contributed by atoms with van der Waals surface area (Å²) in [6.45, 7) is -0.278. The van der Waals surface area contributed by atoms with Crippen LogP contribution in [-0.4, -0.2) is 14.0 Å². The van der Waals surface area contributed by atoms with E-state index in [0.717, 1.165) is 0 Å². The van der Waals surface area contributed by atoms with Gasteiger partial charge in [0.05, 0.1) is 5.39 Å². The van der Waals surface area contributed by atoms with E-state index in [1.807, 2.05) is 0 Å². The molecule has 0 aliphatic carbocycles. The second kappa shape index (κ2) is 2.69. The van der Waals surface area contributed by atoms with E-state index in [1.165, 1.54) is 15.5 Å². The molecule has 0 saturated heterocycles. The molecule has 0 aromatic carbocycles. The van der Waals surface area contributed by atoms with Crippen LogP contribution in [-0.2, 0) is 6.73 Å². The summed E-state index contributed by atoms with van der Waals surface area (Å²) in [5.74, 6) is 0. The molecule has 5 heteroatoms. The first-order valence-corrected chi connectivity index (χ1v) is 4.16. The van der Waals surface area contributed by atoms with Gasteiger partial charge in [-0.05, 0) is 23.7 Å². The molecule has 0 aliphatic rings. The maximum absolute atomic E-state index is 11.3. The summed E-state index contributed by atoms with van der Waals surface area (Å²) in [4.78, 5) is 16.0. The Kier molecular flexibility index (Phi) is 1.67. The Labute approximate surface area is 71.9 Å². The molecule has 4 nitrogen and oxygen atoms in total. The topological polar surface area (TPSA) is 55.1 Å². The lowest BCUT2D eigenvalue weighted by Gasteiger charge is -1.86. The monoisotopic (exact) mass is 182 g/mol. The fourth-order valence-electron chi connectivity index (χ4n) is 1.000. The first-order valence-electron chi connectivity index (χ1n) is 3.38. The standard InChI is InChI=1S/C7H6N2O2S/c10-4-9-7(11)5-2-1-3-8-6(5)12-9/h1-3,10H,4H2. The van der Waals surface area contributed by atoms with Crippen LogP contribution in [0.4, 0.5) is 0 Å². The van der Waals surface area contributed by atoms with Gasteiger partial charge in [0.1, 0.15) is 11.6 Å². The minimum atomic E-state index is -0.278. The van der Waals surface area contributed by atoms with Crippen LogP contribution >= 0.6 is 11.5 Å². The lowest BCUT2D eigenvalue weighted by molar-refractivity contribution is 0.219. The number of hydrogen-bond acceptors (Lipinski definition) is 4. The van der Waals surface area contributed by atoms with Gasteiger partial charge in [0.2, 0.25) is 0 Å². The largest absolute Gasteiger partial charge is 0.375 e. The lowest BCUT2D eigenvalue weighted by atomic mass is 10.4. The highest BCUT2D eigenvalue weighted by molar-refractivity contribution is 7.13. The van der Waals surface area contributed by atoms with Crippen LogP contribution in [0.3, 0.4) is 0 Å². The van der Waals surface area contributed by atoms with Crippen LogP contribution in [0.25, 0.3) is 10.2 Å². The molecular formula is C7H6N2O2S. The van der Waals surface area contributed by atoms with Crippen molar-refractivity contribution in [2.45, 2.75) is 6.73 Å². The van der Waals surface area contributed by atoms with Crippen LogP contribution in [0, 0.1) is 0 Å². The van der Waals surface area contributed by atoms with Crippen LogP contribution in [0.1, 0.15) is 0 Å². The van der Waals surface area contributed by atoms with Gasteiger partial charge in [-0.15, -0.1) is 0 Å². The van der Waals surface area contributed by atoms with Gasteiger partial charge in [-0.3, -0.25) is 4.79 Å². The van der Waals surface area contributed by atoms with Crippen molar-refractivity contribution in [3.63, 3.8) is 0 Å². The van der Waals surface area contributed by atoms with E-state index in [4.69, 9.17) is 5.11 Å². The van der Waals surface area contributed by atoms with Crippen LogP contribution in [0.5, 0.6) is 0 Å². The zero-order valence-electron chi connectivity index (χ0n) is 6.10. The summed E-state index contributed by atoms with van der Waals surface area (Å²) in [5.41, 5.74) is -0.175. The highest BCUT2D eigenvalue weighted by atomic mass is 32.1. The average Bonchev–Trinajstić information content (AvgIpc) is 2.44. The number of nitrogens with zero attached hydrogens (tertiary/aromatic N) is 2. The molecule has 2 rings (SSSR count). The second-order valence-corrected chi connectivity index (χ2v) is 3.28. The number of aliphatic hydroxyl groups excluding tert-OH is 1. The first-order chi connectivity index (χ1) is 5.83. The van der Waals surface area contributed by atoms with E-state index < -0.39 is 0 Å². The van der Waals surface area contributed by atoms with E-state index in [2.05, 4.69) is 4.98 Å². The maximum atomic E-state index is 11.3. The Morgan fingerprint density at radius 1 is 1.67 bits per heavy atom. The maximum Gasteiger partial charge on any atom is 0.272 e. The molecule has 2 aromatic heterocycles. The molecule has 0 aliphatic heterocycles. The van der Waals surface area contributed by atoms with Gasteiger partial charge in [-0.25, -0.2) is 8.94 Å². The van der Waals surface area contributed by atoms with Crippen molar-refractivity contribution in [3.8, 4) is 0 Å². The zero-order chi connectivity index (χ0) is 8.55. The third kappa shape index (κ3) is 0.945. The van der Waals surface area contributed by atoms with Crippen molar-refractivity contribution in [3.05, 3.63) is 28.7 Å². The summed E-state index contributed by atoms with van der Waals surface area (Å²) in [5, 5.41) is 9.33. The molecule has 1 N–H and O–H groups in total. The van der Waals surface area contributed by atoms with E-state index in [1.54, 1.807) is 18.3 Å². The summed E-state index contributed by atoms with van der Waals surface area (Å²) in [7, 11) is 0. The number of fused-ring (bicyclic) bond motifs is 1. The normalized spacial score (nSPS) is 10.8. The number of pyridine rings is 1. The molecule has 2 aromatic rings. The second-order valence-electron chi connectivity index (χ2n) is 2.27. The molecule has 0 saturated carbocycles. The Hall–Kier alpha value is -1.20. The molecule has 2 heterocycles. The first kappa shape index (κ1) is 7.45. The quantitative estimate of drug-likeness (QED) is 0.694. The molecular weight excluding hydrogens is 176 g/mol. The summed E-state index contributed by atoms with van der Waals surface area (Å²) in [6, 6.07) is 3.41. The van der Waals surface area contributed by atoms with Crippen molar-refractivity contribution >= 4 is 21.7 Å². The van der Waals surface area contributed by atoms with Crippen molar-refractivity contribution in [2.24, 2.45) is 0 Å². The number of aromatic nitrogens is 2. The van der Waals surface area contributed by atoms with Crippen molar-refractivity contribution in [2.75, 3.05) is 0 Å². The molecule has 0 fully saturated rings. The van der Waals surface area contributed by atoms with E-state index in [-0.39, 0.29) is 12.3 Å². The fourth-order valence-corrected chi connectivity index (χ4v) is 1.81. The molecule has 0 amide bonds. The highest BCUT2D eigenvalue weighted by Gasteiger charge is 2.05. The van der Waals surface area contributed by atoms with Gasteiger partial charge in [-0.2, -0.15) is 0 Å². The molecule has 12 heavy (non-hydrogen) atoms. The van der Waals surface area contributed by atoms with Crippen molar-refractivity contribution in [1.82, 2.24) is 8.94 Å². The molecule has 0 atom stereocenters. The zero-order valence-corrected chi connectivity index (χ0v) is 6.91. The van der Waals surface area contributed by atoms with E-state index in [0.29, 0.717) is 10.2 Å². The van der Waals surface area contributed by atoms with Gasteiger partial charge < -0.3 is 5.11 Å². The third-order valence-corrected chi connectivity index (χ3v) is 2.55. The lowest BCUT2D eigenvalue weighted by Crippen LogP contribution is -2.12. The van der Waals surface area contributed by atoms with Crippen LogP contribution in [0.15, 0.2) is 23.1 Å². The van der Waals surface area contributed by atoms with Gasteiger partial charge >= 0.3 is 0 Å². The Bertz CT molecular complexity index is 460. The smallest absolute Gasteiger partial charge is 0.272 e. The molecule has 0 unspecified atom stereocenters. The van der Waals surface area contributed by atoms with Gasteiger partial charge in [-0.1, -0.05) is 0 Å². The molecule has 62 valence electrons. The van der Waals surface area contributed by atoms with Gasteiger partial charge in [0.25, 0.3) is 5.56 Å². The molecule has 0 bridgehead atoms. The summed E-state index contributed by atoms with van der Waals surface area (Å²) in [6.07, 6.45) is 1.62. The van der Waals surface area contributed by atoms with E-state index in [9.17, 15) is 4.79 Å². The Morgan fingerprint density at radius 3 is 3.17 bits per heavy atom. The Balaban J connectivity index is 2.88. The van der Waals surface area contributed by atoms with Crippen LogP contribution in [0.2, 0.25) is 0 Å². The Morgan fingerprint density at radius 2 is 2.50 bits per heavy atom. The number of hydrogen-bond donors (Lipinski definition) is 1. The molecule has 0 radical (unpaired) electrons. The molecule has 0 spiro atoms. The van der Waals surface area contributed by atoms with Crippen molar-refractivity contribution < 1.29 is 5.11 Å². The SMILES string of the molecule is O=c1c2cccnc2sn1CO. The average molecular weight is 182 g/mol. The third-order valence-electron chi connectivity index (χ3n) is 1.55. The number of rotatable bonds is 1. The van der Waals surface area contributed by atoms with Gasteiger partial charge in [0, 0.05) is 6.20 Å². The minimum absolute atomic E-state index is 0.175. The van der Waals surface area contributed by atoms with Crippen molar-refractivity contribution in [1.29, 1.82) is 0 Å². The predicted octanol–water partition coefficient (Wildman–Crippen LogP) is 0.408. The summed E-state index contributed by atoms with van der Waals surface area (Å²) >= 11 is 1.17. The predicted molar refractivity (Wildman–Crippen MR) is 46.1 cm³/mol. The fraction of sp³-hybridized carbons (Fsp3) is 0.143. The minimum Gasteiger partial charge on any atom is -0.375 e. The van der Waals surface area contributed by atoms with E-state index >= 15 is 0 Å². The number of aliphatic hydroxyl groups is 1. The van der Waals surface area contributed by atoms with Gasteiger partial charge in [0.15, 0.2) is 0 Å². The van der Waals surface area contributed by atoms with Crippen LogP contribution < -0.4 is 5.56 Å².